The van der Waals surface area contributed by atoms with Crippen LogP contribution in [0, 0.1) is 6.92 Å². The number of benzene rings is 1. The number of carbonyl (C=O) groups is 1. The summed E-state index contributed by atoms with van der Waals surface area (Å²) in [6.45, 7) is 2.93. The molecule has 1 aromatic carbocycles. The van der Waals surface area contributed by atoms with E-state index in [0.29, 0.717) is 5.69 Å². The molecule has 1 aliphatic rings. The van der Waals surface area contributed by atoms with E-state index in [9.17, 15) is 13.2 Å². The summed E-state index contributed by atoms with van der Waals surface area (Å²) in [5.74, 6) is 0.622. The number of anilines is 1. The molecule has 8 heteroatoms. The number of likely N-dealkylation sites (tertiary alicyclic amines) is 1. The summed E-state index contributed by atoms with van der Waals surface area (Å²) in [5, 5.41) is 6.87. The number of nitrogens with one attached hydrogen (secondary N) is 1. The number of sulfone groups is 1. The number of aryl methyl sites for hydroxylation is 1. The second-order valence-electron chi connectivity index (χ2n) is 6.34. The van der Waals surface area contributed by atoms with Crippen molar-refractivity contribution in [3.8, 4) is 0 Å². The summed E-state index contributed by atoms with van der Waals surface area (Å²) >= 11 is 0. The average Bonchev–Trinajstić information content (AvgIpc) is 3.15. The van der Waals surface area contributed by atoms with Crippen molar-refractivity contribution in [1.82, 2.24) is 10.1 Å². The van der Waals surface area contributed by atoms with Crippen LogP contribution in [0.2, 0.25) is 0 Å². The molecule has 25 heavy (non-hydrogen) atoms. The van der Waals surface area contributed by atoms with E-state index < -0.39 is 9.84 Å². The number of carbonyl (C=O) groups excluding carboxylic acids is 1. The van der Waals surface area contributed by atoms with Gasteiger partial charge >= 0.3 is 0 Å². The molecule has 1 atom stereocenters. The van der Waals surface area contributed by atoms with Gasteiger partial charge in [0, 0.05) is 18.0 Å². The Morgan fingerprint density at radius 1 is 1.36 bits per heavy atom. The second-order valence-corrected chi connectivity index (χ2v) is 8.35. The molecule has 1 N–H and O–H groups in total. The summed E-state index contributed by atoms with van der Waals surface area (Å²) in [7, 11) is -3.24. The lowest BCUT2D eigenvalue weighted by Gasteiger charge is -2.21. The lowest BCUT2D eigenvalue weighted by Crippen LogP contribution is -2.33. The first-order chi connectivity index (χ1) is 11.8. The van der Waals surface area contributed by atoms with Crippen molar-refractivity contribution < 1.29 is 17.7 Å². The summed E-state index contributed by atoms with van der Waals surface area (Å²) in [5.41, 5.74) is 1.44. The molecule has 0 radical (unpaired) electrons. The van der Waals surface area contributed by atoms with E-state index in [1.165, 1.54) is 12.1 Å². The van der Waals surface area contributed by atoms with Crippen LogP contribution in [0.15, 0.2) is 39.8 Å². The SMILES string of the molecule is Cc1cc([C@@H]2CCCN2CC(=O)Nc2ccc(S(C)(=O)=O)cc2)no1. The minimum absolute atomic E-state index is 0.0933. The minimum atomic E-state index is -3.24. The molecule has 134 valence electrons. The fraction of sp³-hybridized carbons (Fsp3) is 0.412. The molecule has 3 rings (SSSR count). The van der Waals surface area contributed by atoms with E-state index in [4.69, 9.17) is 4.52 Å². The molecule has 2 aromatic rings. The quantitative estimate of drug-likeness (QED) is 0.875. The smallest absolute Gasteiger partial charge is 0.238 e. The lowest BCUT2D eigenvalue weighted by molar-refractivity contribution is -0.117. The molecular weight excluding hydrogens is 342 g/mol. The van der Waals surface area contributed by atoms with Crippen molar-refractivity contribution >= 4 is 21.4 Å². The fourth-order valence-electron chi connectivity index (χ4n) is 3.06. The molecule has 0 aliphatic carbocycles. The molecule has 1 aliphatic heterocycles. The third-order valence-electron chi connectivity index (χ3n) is 4.26. The number of rotatable bonds is 5. The first-order valence-electron chi connectivity index (χ1n) is 8.10. The van der Waals surface area contributed by atoms with Crippen molar-refractivity contribution in [1.29, 1.82) is 0 Å². The van der Waals surface area contributed by atoms with Gasteiger partial charge < -0.3 is 9.84 Å². The van der Waals surface area contributed by atoms with Gasteiger partial charge in [-0.1, -0.05) is 5.16 Å². The number of amides is 1. The van der Waals surface area contributed by atoms with Gasteiger partial charge in [0.2, 0.25) is 5.91 Å². The maximum Gasteiger partial charge on any atom is 0.238 e. The van der Waals surface area contributed by atoms with E-state index in [2.05, 4.69) is 15.4 Å². The fourth-order valence-corrected chi connectivity index (χ4v) is 3.69. The summed E-state index contributed by atoms with van der Waals surface area (Å²) in [6, 6.07) is 8.16. The van der Waals surface area contributed by atoms with E-state index in [1.54, 1.807) is 12.1 Å². The summed E-state index contributed by atoms with van der Waals surface area (Å²) in [4.78, 5) is 14.6. The van der Waals surface area contributed by atoms with Crippen LogP contribution in [0.25, 0.3) is 0 Å². The van der Waals surface area contributed by atoms with Gasteiger partial charge in [-0.05, 0) is 50.6 Å². The molecule has 0 unspecified atom stereocenters. The van der Waals surface area contributed by atoms with Gasteiger partial charge in [0.05, 0.1) is 17.5 Å². The Balaban J connectivity index is 1.62. The summed E-state index contributed by atoms with van der Waals surface area (Å²) < 4.78 is 28.1. The first-order valence-corrected chi connectivity index (χ1v) is 9.99. The highest BCUT2D eigenvalue weighted by Gasteiger charge is 2.29. The van der Waals surface area contributed by atoms with E-state index in [0.717, 1.165) is 37.1 Å². The van der Waals surface area contributed by atoms with Crippen LogP contribution in [-0.4, -0.2) is 43.7 Å². The average molecular weight is 363 g/mol. The maximum atomic E-state index is 12.3. The van der Waals surface area contributed by atoms with Crippen molar-refractivity contribution in [2.75, 3.05) is 24.7 Å². The zero-order valence-corrected chi connectivity index (χ0v) is 15.0. The molecular formula is C17H21N3O4S. The van der Waals surface area contributed by atoms with Crippen LogP contribution in [-0.2, 0) is 14.6 Å². The summed E-state index contributed by atoms with van der Waals surface area (Å²) in [6.07, 6.45) is 3.11. The predicted octanol–water partition coefficient (Wildman–Crippen LogP) is 2.16. The van der Waals surface area contributed by atoms with Gasteiger partial charge in [-0.2, -0.15) is 0 Å². The second kappa shape index (κ2) is 6.97. The normalized spacial score (nSPS) is 18.4. The Labute approximate surface area is 146 Å². The third kappa shape index (κ3) is 4.26. The topological polar surface area (TPSA) is 92.5 Å². The third-order valence-corrected chi connectivity index (χ3v) is 5.39. The molecule has 0 bridgehead atoms. The van der Waals surface area contributed by atoms with Gasteiger partial charge in [0.25, 0.3) is 0 Å². The van der Waals surface area contributed by atoms with Crippen molar-refractivity contribution in [2.45, 2.75) is 30.7 Å². The maximum absolute atomic E-state index is 12.3. The highest BCUT2D eigenvalue weighted by molar-refractivity contribution is 7.90. The standard InChI is InChI=1S/C17H21N3O4S/c1-12-10-15(19-24-12)16-4-3-9-20(16)11-17(21)18-13-5-7-14(8-6-13)25(2,22)23/h5-8,10,16H,3-4,9,11H2,1-2H3,(H,18,21)/t16-/m0/s1. The van der Waals surface area contributed by atoms with Crippen LogP contribution in [0.5, 0.6) is 0 Å². The molecule has 1 amide bonds. The van der Waals surface area contributed by atoms with Crippen LogP contribution < -0.4 is 5.32 Å². The first kappa shape index (κ1) is 17.6. The monoisotopic (exact) mass is 363 g/mol. The highest BCUT2D eigenvalue weighted by atomic mass is 32.2. The Morgan fingerprint density at radius 2 is 2.08 bits per heavy atom. The largest absolute Gasteiger partial charge is 0.361 e. The van der Waals surface area contributed by atoms with E-state index in [-0.39, 0.29) is 23.4 Å². The zero-order valence-electron chi connectivity index (χ0n) is 14.2. The van der Waals surface area contributed by atoms with E-state index >= 15 is 0 Å². The van der Waals surface area contributed by atoms with Crippen LogP contribution >= 0.6 is 0 Å². The molecule has 0 spiro atoms. The molecule has 2 heterocycles. The number of aromatic nitrogens is 1. The van der Waals surface area contributed by atoms with Gasteiger partial charge in [0.15, 0.2) is 9.84 Å². The molecule has 7 nitrogen and oxygen atoms in total. The number of hydrogen-bond donors (Lipinski definition) is 1. The Morgan fingerprint density at radius 3 is 2.68 bits per heavy atom. The van der Waals surface area contributed by atoms with Crippen molar-refractivity contribution in [3.63, 3.8) is 0 Å². The number of nitrogens with zero attached hydrogens (tertiary/aromatic N) is 2. The van der Waals surface area contributed by atoms with Crippen molar-refractivity contribution in [2.24, 2.45) is 0 Å². The molecule has 1 fully saturated rings. The lowest BCUT2D eigenvalue weighted by atomic mass is 10.1. The van der Waals surface area contributed by atoms with Gasteiger partial charge in [-0.15, -0.1) is 0 Å². The van der Waals surface area contributed by atoms with Crippen LogP contribution in [0.1, 0.15) is 30.3 Å². The predicted molar refractivity (Wildman–Crippen MR) is 93.0 cm³/mol. The Kier molecular flexibility index (Phi) is 4.91. The Bertz CT molecular complexity index is 858. The molecule has 1 aromatic heterocycles. The van der Waals surface area contributed by atoms with Gasteiger partial charge in [-0.3, -0.25) is 9.69 Å². The molecule has 1 saturated heterocycles. The van der Waals surface area contributed by atoms with E-state index in [1.807, 2.05) is 13.0 Å². The van der Waals surface area contributed by atoms with Crippen LogP contribution in [0.4, 0.5) is 5.69 Å². The van der Waals surface area contributed by atoms with Gasteiger partial charge in [-0.25, -0.2) is 8.42 Å². The zero-order chi connectivity index (χ0) is 18.0. The van der Waals surface area contributed by atoms with Gasteiger partial charge in [0.1, 0.15) is 11.5 Å². The Hall–Kier alpha value is -2.19. The minimum Gasteiger partial charge on any atom is -0.361 e. The number of hydrogen-bond acceptors (Lipinski definition) is 6. The highest BCUT2D eigenvalue weighted by Crippen LogP contribution is 2.31. The van der Waals surface area contributed by atoms with Crippen LogP contribution in [0.3, 0.4) is 0 Å². The van der Waals surface area contributed by atoms with Crippen molar-refractivity contribution in [3.05, 3.63) is 41.8 Å². The molecule has 0 saturated carbocycles.